The summed E-state index contributed by atoms with van der Waals surface area (Å²) in [5, 5.41) is 9.29. The van der Waals surface area contributed by atoms with E-state index in [1.165, 1.54) is 0 Å². The number of carbonyl (C=O) groups is 2. The van der Waals surface area contributed by atoms with Gasteiger partial charge in [-0.15, -0.1) is 0 Å². The van der Waals surface area contributed by atoms with Gasteiger partial charge in [-0.05, 0) is 37.6 Å². The molecule has 17 heavy (non-hydrogen) atoms. The Hall–Kier alpha value is -1.10. The fourth-order valence-electron chi connectivity index (χ4n) is 3.28. The van der Waals surface area contributed by atoms with Gasteiger partial charge in [-0.25, -0.2) is 4.79 Å². The summed E-state index contributed by atoms with van der Waals surface area (Å²) in [7, 11) is 0. The smallest absolute Gasteiger partial charge is 0.326 e. The van der Waals surface area contributed by atoms with Crippen LogP contribution in [0.5, 0.6) is 0 Å². The fraction of sp³-hybridized carbons (Fsp3) is 0.833. The quantitative estimate of drug-likeness (QED) is 0.746. The summed E-state index contributed by atoms with van der Waals surface area (Å²) in [5.41, 5.74) is 5.37. The van der Waals surface area contributed by atoms with E-state index in [2.05, 4.69) is 0 Å². The van der Waals surface area contributed by atoms with Gasteiger partial charge in [0.1, 0.15) is 6.04 Å². The molecule has 0 aromatic rings. The largest absolute Gasteiger partial charge is 0.480 e. The monoisotopic (exact) mass is 240 g/mol. The molecule has 0 aromatic heterocycles. The van der Waals surface area contributed by atoms with E-state index < -0.39 is 12.0 Å². The molecule has 0 aromatic carbocycles. The first-order valence-electron chi connectivity index (χ1n) is 6.37. The number of amides is 1. The van der Waals surface area contributed by atoms with E-state index in [1.54, 1.807) is 4.90 Å². The first-order chi connectivity index (χ1) is 8.15. The summed E-state index contributed by atoms with van der Waals surface area (Å²) in [4.78, 5) is 24.8. The number of likely N-dealkylation sites (tertiary alicyclic amines) is 1. The van der Waals surface area contributed by atoms with Crippen molar-refractivity contribution in [3.63, 3.8) is 0 Å². The summed E-state index contributed by atoms with van der Waals surface area (Å²) in [5.74, 6) is -0.315. The molecule has 1 aliphatic carbocycles. The number of hydrogen-bond donors (Lipinski definition) is 2. The van der Waals surface area contributed by atoms with E-state index in [0.29, 0.717) is 31.8 Å². The third-order valence-electron chi connectivity index (χ3n) is 4.06. The molecule has 96 valence electrons. The van der Waals surface area contributed by atoms with E-state index in [1.807, 2.05) is 0 Å². The highest BCUT2D eigenvalue weighted by Crippen LogP contribution is 2.42. The van der Waals surface area contributed by atoms with Crippen molar-refractivity contribution in [3.05, 3.63) is 0 Å². The Morgan fingerprint density at radius 1 is 1.35 bits per heavy atom. The molecule has 3 N–H and O–H groups in total. The number of hydrogen-bond acceptors (Lipinski definition) is 3. The van der Waals surface area contributed by atoms with Crippen LogP contribution in [0.2, 0.25) is 0 Å². The minimum atomic E-state index is -0.847. The molecule has 2 rings (SSSR count). The van der Waals surface area contributed by atoms with Gasteiger partial charge in [0.2, 0.25) is 5.91 Å². The molecule has 2 fully saturated rings. The maximum absolute atomic E-state index is 12.0. The van der Waals surface area contributed by atoms with E-state index >= 15 is 0 Å². The van der Waals surface area contributed by atoms with E-state index in [9.17, 15) is 14.7 Å². The number of fused-ring (bicyclic) bond motifs is 1. The van der Waals surface area contributed by atoms with Crippen molar-refractivity contribution in [3.8, 4) is 0 Å². The SMILES string of the molecule is NCCCC(=O)N1CC2CCCC2C1C(=O)O. The van der Waals surface area contributed by atoms with Gasteiger partial charge in [-0.1, -0.05) is 6.42 Å². The zero-order valence-corrected chi connectivity index (χ0v) is 9.97. The molecule has 1 saturated heterocycles. The van der Waals surface area contributed by atoms with Crippen LogP contribution in [-0.2, 0) is 9.59 Å². The van der Waals surface area contributed by atoms with Gasteiger partial charge >= 0.3 is 5.97 Å². The lowest BCUT2D eigenvalue weighted by Gasteiger charge is -2.24. The zero-order chi connectivity index (χ0) is 12.4. The van der Waals surface area contributed by atoms with E-state index in [0.717, 1.165) is 19.3 Å². The van der Waals surface area contributed by atoms with Crippen molar-refractivity contribution in [2.45, 2.75) is 38.1 Å². The number of aliphatic carboxylic acids is 1. The third-order valence-corrected chi connectivity index (χ3v) is 4.06. The van der Waals surface area contributed by atoms with Crippen LogP contribution < -0.4 is 5.73 Å². The molecule has 5 heteroatoms. The molecular weight excluding hydrogens is 220 g/mol. The zero-order valence-electron chi connectivity index (χ0n) is 9.97. The lowest BCUT2D eigenvalue weighted by Crippen LogP contribution is -2.43. The molecular formula is C12H20N2O3. The Morgan fingerprint density at radius 3 is 2.76 bits per heavy atom. The lowest BCUT2D eigenvalue weighted by molar-refractivity contribution is -0.149. The maximum atomic E-state index is 12.0. The number of rotatable bonds is 4. The van der Waals surface area contributed by atoms with Gasteiger partial charge < -0.3 is 15.7 Å². The van der Waals surface area contributed by atoms with Gasteiger partial charge in [-0.3, -0.25) is 4.79 Å². The average Bonchev–Trinajstić information content (AvgIpc) is 2.83. The van der Waals surface area contributed by atoms with Gasteiger partial charge in [0.05, 0.1) is 0 Å². The van der Waals surface area contributed by atoms with E-state index in [4.69, 9.17) is 5.73 Å². The fourth-order valence-corrected chi connectivity index (χ4v) is 3.28. The summed E-state index contributed by atoms with van der Waals surface area (Å²) in [6.45, 7) is 1.11. The number of carboxylic acid groups (broad SMARTS) is 1. The average molecular weight is 240 g/mol. The molecule has 5 nitrogen and oxygen atoms in total. The molecule has 1 heterocycles. The molecule has 3 atom stereocenters. The maximum Gasteiger partial charge on any atom is 0.326 e. The topological polar surface area (TPSA) is 83.6 Å². The minimum absolute atomic E-state index is 0.0442. The van der Waals surface area contributed by atoms with Crippen LogP contribution in [-0.4, -0.2) is 41.0 Å². The van der Waals surface area contributed by atoms with Crippen molar-refractivity contribution in [1.82, 2.24) is 4.90 Å². The van der Waals surface area contributed by atoms with Crippen LogP contribution >= 0.6 is 0 Å². The number of nitrogens with zero attached hydrogens (tertiary/aromatic N) is 1. The summed E-state index contributed by atoms with van der Waals surface area (Å²) in [6.07, 6.45) is 4.12. The second-order valence-electron chi connectivity index (χ2n) is 5.08. The Labute approximate surface area is 101 Å². The first kappa shape index (κ1) is 12.4. The second kappa shape index (κ2) is 5.04. The highest BCUT2D eigenvalue weighted by Gasteiger charge is 2.49. The predicted molar refractivity (Wildman–Crippen MR) is 62.3 cm³/mol. The van der Waals surface area contributed by atoms with Gasteiger partial charge in [0.15, 0.2) is 0 Å². The molecule has 0 radical (unpaired) electrons. The van der Waals surface area contributed by atoms with Crippen molar-refractivity contribution in [2.75, 3.05) is 13.1 Å². The van der Waals surface area contributed by atoms with Gasteiger partial charge in [-0.2, -0.15) is 0 Å². The molecule has 0 bridgehead atoms. The van der Waals surface area contributed by atoms with Crippen molar-refractivity contribution < 1.29 is 14.7 Å². The minimum Gasteiger partial charge on any atom is -0.480 e. The van der Waals surface area contributed by atoms with Crippen molar-refractivity contribution in [2.24, 2.45) is 17.6 Å². The summed E-state index contributed by atoms with van der Waals surface area (Å²) in [6, 6.07) is -0.590. The van der Waals surface area contributed by atoms with Crippen molar-refractivity contribution >= 4 is 11.9 Å². The van der Waals surface area contributed by atoms with Gasteiger partial charge in [0.25, 0.3) is 0 Å². The molecule has 3 unspecified atom stereocenters. The van der Waals surface area contributed by atoms with Crippen molar-refractivity contribution in [1.29, 1.82) is 0 Å². The molecule has 2 aliphatic rings. The van der Waals surface area contributed by atoms with Crippen LogP contribution in [0.4, 0.5) is 0 Å². The summed E-state index contributed by atoms with van der Waals surface area (Å²) >= 11 is 0. The molecule has 0 spiro atoms. The van der Waals surface area contributed by atoms with Crippen LogP contribution in [0.1, 0.15) is 32.1 Å². The first-order valence-corrected chi connectivity index (χ1v) is 6.37. The number of carboxylic acids is 1. The number of nitrogens with two attached hydrogens (primary N) is 1. The number of carbonyl (C=O) groups excluding carboxylic acids is 1. The van der Waals surface area contributed by atoms with Crippen LogP contribution in [0.25, 0.3) is 0 Å². The normalized spacial score (nSPS) is 31.6. The Bertz CT molecular complexity index is 319. The van der Waals surface area contributed by atoms with Crippen LogP contribution in [0.3, 0.4) is 0 Å². The second-order valence-corrected chi connectivity index (χ2v) is 5.08. The molecule has 1 saturated carbocycles. The lowest BCUT2D eigenvalue weighted by atomic mass is 9.94. The molecule has 1 amide bonds. The highest BCUT2D eigenvalue weighted by atomic mass is 16.4. The standard InChI is InChI=1S/C12H20N2O3/c13-6-2-5-10(15)14-7-8-3-1-4-9(8)11(14)12(16)17/h8-9,11H,1-7,13H2,(H,16,17). The Balaban J connectivity index is 2.06. The third kappa shape index (κ3) is 2.29. The van der Waals surface area contributed by atoms with Crippen LogP contribution in [0, 0.1) is 11.8 Å². The summed E-state index contributed by atoms with van der Waals surface area (Å²) < 4.78 is 0. The highest BCUT2D eigenvalue weighted by molar-refractivity contribution is 5.84. The Morgan fingerprint density at radius 2 is 2.12 bits per heavy atom. The van der Waals surface area contributed by atoms with Crippen LogP contribution in [0.15, 0.2) is 0 Å². The van der Waals surface area contributed by atoms with E-state index in [-0.39, 0.29) is 11.8 Å². The van der Waals surface area contributed by atoms with Gasteiger partial charge in [0, 0.05) is 13.0 Å². The Kier molecular flexibility index (Phi) is 3.66. The molecule has 1 aliphatic heterocycles. The predicted octanol–water partition coefficient (Wildman–Crippen LogP) is 0.437.